The zero-order valence-corrected chi connectivity index (χ0v) is 3.96. The van der Waals surface area contributed by atoms with Gasteiger partial charge in [0.2, 0.25) is 0 Å². The SMILES string of the molecule is C=CCNO.NO. The topological polar surface area (TPSA) is 78.5 Å². The van der Waals surface area contributed by atoms with Crippen molar-refractivity contribution in [3.8, 4) is 0 Å². The van der Waals surface area contributed by atoms with Gasteiger partial charge in [-0.2, -0.15) is 0 Å². The van der Waals surface area contributed by atoms with Gasteiger partial charge in [-0.05, 0) is 0 Å². The third-order valence-corrected chi connectivity index (χ3v) is 0.236. The van der Waals surface area contributed by atoms with E-state index in [9.17, 15) is 0 Å². The number of hydrogen-bond donors (Lipinski definition) is 4. The summed E-state index contributed by atoms with van der Waals surface area (Å²) in [7, 11) is 0. The van der Waals surface area contributed by atoms with Gasteiger partial charge in [0.15, 0.2) is 0 Å². The van der Waals surface area contributed by atoms with Crippen molar-refractivity contribution in [2.45, 2.75) is 0 Å². The summed E-state index contributed by atoms with van der Waals surface area (Å²) in [6.07, 6.45) is 1.57. The minimum absolute atomic E-state index is 0.458. The molecule has 0 rings (SSSR count). The summed E-state index contributed by atoms with van der Waals surface area (Å²) in [6, 6.07) is 0. The van der Waals surface area contributed by atoms with Crippen LogP contribution in [0.25, 0.3) is 0 Å². The first-order valence-electron chi connectivity index (χ1n) is 1.65. The van der Waals surface area contributed by atoms with Crippen molar-refractivity contribution in [1.29, 1.82) is 0 Å². The molecule has 0 bridgehead atoms. The zero-order valence-electron chi connectivity index (χ0n) is 3.96. The molecule has 7 heavy (non-hydrogen) atoms. The molecule has 0 unspecified atom stereocenters. The van der Waals surface area contributed by atoms with Gasteiger partial charge in [0.25, 0.3) is 0 Å². The van der Waals surface area contributed by atoms with Crippen LogP contribution in [0.3, 0.4) is 0 Å². The molecule has 0 aliphatic heterocycles. The maximum atomic E-state index is 7.74. The summed E-state index contributed by atoms with van der Waals surface area (Å²) in [4.78, 5) is 0. The molecular weight excluding hydrogens is 96.0 g/mol. The first-order chi connectivity index (χ1) is 3.41. The van der Waals surface area contributed by atoms with E-state index in [0.717, 1.165) is 0 Å². The van der Waals surface area contributed by atoms with Gasteiger partial charge < -0.3 is 10.4 Å². The summed E-state index contributed by atoms with van der Waals surface area (Å²) in [5.74, 6) is 3.50. The minimum Gasteiger partial charge on any atom is -0.320 e. The van der Waals surface area contributed by atoms with Crippen LogP contribution in [-0.4, -0.2) is 17.0 Å². The maximum Gasteiger partial charge on any atom is 0.0385 e. The highest BCUT2D eigenvalue weighted by Gasteiger charge is 1.58. The van der Waals surface area contributed by atoms with Gasteiger partial charge >= 0.3 is 0 Å². The van der Waals surface area contributed by atoms with Crippen molar-refractivity contribution in [2.24, 2.45) is 5.90 Å². The fourth-order valence-corrected chi connectivity index (χ4v) is 0.0645. The van der Waals surface area contributed by atoms with E-state index in [1.54, 1.807) is 6.08 Å². The van der Waals surface area contributed by atoms with Crippen LogP contribution in [0.5, 0.6) is 0 Å². The standard InChI is InChI=1S/C3H7NO.H3NO/c1-2-3-4-5;1-2/h2,4-5H,1,3H2;2H,1H2. The van der Waals surface area contributed by atoms with Crippen LogP contribution in [0.4, 0.5) is 0 Å². The Kier molecular flexibility index (Phi) is 24.5. The Morgan fingerprint density at radius 3 is 2.14 bits per heavy atom. The molecule has 0 aliphatic carbocycles. The van der Waals surface area contributed by atoms with Crippen LogP contribution in [-0.2, 0) is 0 Å². The van der Waals surface area contributed by atoms with Gasteiger partial charge in [-0.1, -0.05) is 6.08 Å². The lowest BCUT2D eigenvalue weighted by molar-refractivity contribution is 0.180. The lowest BCUT2D eigenvalue weighted by atomic mass is 10.7. The molecule has 0 aliphatic rings. The first kappa shape index (κ1) is 9.77. The predicted octanol–water partition coefficient (Wildman–Crippen LogP) is -0.514. The lowest BCUT2D eigenvalue weighted by Gasteiger charge is -1.78. The van der Waals surface area contributed by atoms with Gasteiger partial charge in [0.1, 0.15) is 0 Å². The molecule has 0 radical (unpaired) electrons. The van der Waals surface area contributed by atoms with Gasteiger partial charge in [-0.25, -0.2) is 11.4 Å². The van der Waals surface area contributed by atoms with Gasteiger partial charge in [0, 0.05) is 6.54 Å². The number of rotatable bonds is 2. The minimum atomic E-state index is 0.458. The molecule has 0 aromatic carbocycles. The number of hydroxylamine groups is 1. The Morgan fingerprint density at radius 1 is 1.71 bits per heavy atom. The third kappa shape index (κ3) is 28.6. The van der Waals surface area contributed by atoms with E-state index in [1.807, 2.05) is 5.48 Å². The second kappa shape index (κ2) is 17.6. The molecule has 44 valence electrons. The smallest absolute Gasteiger partial charge is 0.0385 e. The van der Waals surface area contributed by atoms with Crippen LogP contribution in [0.2, 0.25) is 0 Å². The summed E-state index contributed by atoms with van der Waals surface area (Å²) in [5, 5.41) is 14.2. The predicted molar refractivity (Wildman–Crippen MR) is 26.0 cm³/mol. The van der Waals surface area contributed by atoms with Crippen LogP contribution in [0, 0.1) is 0 Å². The van der Waals surface area contributed by atoms with Crippen molar-refractivity contribution >= 4 is 0 Å². The van der Waals surface area contributed by atoms with Crippen molar-refractivity contribution in [3.05, 3.63) is 12.7 Å². The summed E-state index contributed by atoms with van der Waals surface area (Å²) in [5.41, 5.74) is 1.90. The Bertz CT molecular complexity index is 32.1. The molecule has 4 heteroatoms. The van der Waals surface area contributed by atoms with Crippen molar-refractivity contribution in [2.75, 3.05) is 6.54 Å². The monoisotopic (exact) mass is 106 g/mol. The molecule has 0 saturated carbocycles. The third-order valence-electron chi connectivity index (χ3n) is 0.236. The van der Waals surface area contributed by atoms with Crippen LogP contribution < -0.4 is 11.4 Å². The van der Waals surface area contributed by atoms with Gasteiger partial charge in [-0.15, -0.1) is 6.58 Å². The van der Waals surface area contributed by atoms with E-state index in [1.165, 1.54) is 0 Å². The molecule has 5 N–H and O–H groups in total. The Hall–Kier alpha value is -0.420. The largest absolute Gasteiger partial charge is 0.320 e. The molecule has 4 nitrogen and oxygen atoms in total. The average Bonchev–Trinajstić information content (AvgIpc) is 1.75. The molecule has 0 fully saturated rings. The highest BCUT2D eigenvalue weighted by molar-refractivity contribution is 4.65. The lowest BCUT2D eigenvalue weighted by Crippen LogP contribution is -2.04. The number of hydrogen-bond acceptors (Lipinski definition) is 4. The number of nitrogens with two attached hydrogens (primary N) is 1. The molecule has 0 spiro atoms. The normalized spacial score (nSPS) is 6.14. The van der Waals surface area contributed by atoms with Crippen LogP contribution in [0.15, 0.2) is 12.7 Å². The highest BCUT2D eigenvalue weighted by Crippen LogP contribution is 1.48. The van der Waals surface area contributed by atoms with E-state index >= 15 is 0 Å². The van der Waals surface area contributed by atoms with E-state index in [4.69, 9.17) is 10.4 Å². The summed E-state index contributed by atoms with van der Waals surface area (Å²) >= 11 is 0. The molecule has 0 aromatic rings. The van der Waals surface area contributed by atoms with Crippen molar-refractivity contribution in [3.63, 3.8) is 0 Å². The Balaban J connectivity index is 0. The molecule has 0 atom stereocenters. The second-order valence-electron chi connectivity index (χ2n) is 0.651. The maximum absolute atomic E-state index is 7.74. The zero-order chi connectivity index (χ0) is 6.12. The van der Waals surface area contributed by atoms with E-state index in [2.05, 4.69) is 12.5 Å². The summed E-state index contributed by atoms with van der Waals surface area (Å²) < 4.78 is 0. The van der Waals surface area contributed by atoms with Gasteiger partial charge in [-0.3, -0.25) is 0 Å². The molecule has 0 heterocycles. The first-order valence-corrected chi connectivity index (χ1v) is 1.65. The highest BCUT2D eigenvalue weighted by atomic mass is 16.5. The molecule has 0 saturated heterocycles. The van der Waals surface area contributed by atoms with E-state index in [0.29, 0.717) is 6.54 Å². The Labute approximate surface area is 42.2 Å². The van der Waals surface area contributed by atoms with Crippen LogP contribution in [0.1, 0.15) is 0 Å². The molecule has 0 amide bonds. The van der Waals surface area contributed by atoms with Crippen molar-refractivity contribution < 1.29 is 10.4 Å². The second-order valence-corrected chi connectivity index (χ2v) is 0.651. The van der Waals surface area contributed by atoms with Crippen LogP contribution >= 0.6 is 0 Å². The fourth-order valence-electron chi connectivity index (χ4n) is 0.0645. The summed E-state index contributed by atoms with van der Waals surface area (Å²) in [6.45, 7) is 3.79. The molecular formula is C3H10N2O2. The molecule has 0 aromatic heterocycles. The average molecular weight is 106 g/mol. The quantitative estimate of drug-likeness (QED) is 0.282. The Morgan fingerprint density at radius 2 is 2.14 bits per heavy atom. The van der Waals surface area contributed by atoms with Crippen molar-refractivity contribution in [1.82, 2.24) is 5.48 Å². The fraction of sp³-hybridized carbons (Fsp3) is 0.333. The van der Waals surface area contributed by atoms with E-state index in [-0.39, 0.29) is 0 Å². The number of nitrogens with one attached hydrogen (secondary N) is 1. The van der Waals surface area contributed by atoms with Gasteiger partial charge in [0.05, 0.1) is 0 Å². The van der Waals surface area contributed by atoms with E-state index < -0.39 is 0 Å².